The van der Waals surface area contributed by atoms with Gasteiger partial charge in [0.2, 0.25) is 0 Å². The minimum absolute atomic E-state index is 0.160. The molecule has 2 N–H and O–H groups in total. The molecule has 104 valence electrons. The Balaban J connectivity index is 1.92. The van der Waals surface area contributed by atoms with E-state index in [4.69, 9.17) is 0 Å². The fourth-order valence-corrected chi connectivity index (χ4v) is 3.02. The molecule has 0 bridgehead atoms. The zero-order valence-electron chi connectivity index (χ0n) is 11.1. The SMILES string of the molecule is O=C(O)C(=Cc1ccccc1)Nc1cc2ccccc2s1. The molecular weight excluding hydrogens is 282 g/mol. The predicted octanol–water partition coefficient (Wildman–Crippen LogP) is 4.44. The average Bonchev–Trinajstić information content (AvgIpc) is 2.90. The molecule has 0 aliphatic heterocycles. The molecule has 0 amide bonds. The van der Waals surface area contributed by atoms with Crippen LogP contribution in [0.3, 0.4) is 0 Å². The second-order valence-corrected chi connectivity index (χ2v) is 5.63. The van der Waals surface area contributed by atoms with Crippen molar-refractivity contribution in [2.24, 2.45) is 0 Å². The second-order valence-electron chi connectivity index (χ2n) is 4.55. The van der Waals surface area contributed by atoms with Crippen LogP contribution in [0.4, 0.5) is 5.00 Å². The van der Waals surface area contributed by atoms with Crippen LogP contribution in [0.2, 0.25) is 0 Å². The number of fused-ring (bicyclic) bond motifs is 1. The lowest BCUT2D eigenvalue weighted by Gasteiger charge is -2.04. The first-order valence-corrected chi connectivity index (χ1v) is 7.30. The van der Waals surface area contributed by atoms with Gasteiger partial charge in [0, 0.05) is 4.70 Å². The van der Waals surface area contributed by atoms with Crippen molar-refractivity contribution >= 4 is 38.5 Å². The highest BCUT2D eigenvalue weighted by Gasteiger charge is 2.09. The highest BCUT2D eigenvalue weighted by atomic mass is 32.1. The number of hydrogen-bond acceptors (Lipinski definition) is 3. The summed E-state index contributed by atoms with van der Waals surface area (Å²) in [6.45, 7) is 0. The van der Waals surface area contributed by atoms with E-state index in [2.05, 4.69) is 5.32 Å². The van der Waals surface area contributed by atoms with E-state index in [1.807, 2.05) is 60.7 Å². The van der Waals surface area contributed by atoms with Gasteiger partial charge in [0.15, 0.2) is 0 Å². The number of benzene rings is 2. The normalized spacial score (nSPS) is 11.5. The second kappa shape index (κ2) is 5.81. The Kier molecular flexibility index (Phi) is 3.71. The lowest BCUT2D eigenvalue weighted by molar-refractivity contribution is -0.132. The van der Waals surface area contributed by atoms with E-state index in [0.717, 1.165) is 20.7 Å². The number of carboxylic acid groups (broad SMARTS) is 1. The molecule has 3 aromatic rings. The predicted molar refractivity (Wildman–Crippen MR) is 87.5 cm³/mol. The zero-order valence-corrected chi connectivity index (χ0v) is 11.9. The first-order valence-electron chi connectivity index (χ1n) is 6.48. The van der Waals surface area contributed by atoms with Gasteiger partial charge in [-0.2, -0.15) is 0 Å². The number of carbonyl (C=O) groups is 1. The molecule has 0 unspecified atom stereocenters. The van der Waals surface area contributed by atoms with Crippen LogP contribution in [-0.2, 0) is 4.79 Å². The van der Waals surface area contributed by atoms with Crippen LogP contribution >= 0.6 is 11.3 Å². The van der Waals surface area contributed by atoms with Crippen molar-refractivity contribution < 1.29 is 9.90 Å². The third-order valence-corrected chi connectivity index (χ3v) is 4.06. The molecule has 0 aliphatic carbocycles. The quantitative estimate of drug-likeness (QED) is 0.700. The molecule has 0 saturated carbocycles. The highest BCUT2D eigenvalue weighted by Crippen LogP contribution is 2.30. The molecule has 21 heavy (non-hydrogen) atoms. The standard InChI is InChI=1S/C17H13NO2S/c19-17(20)14(10-12-6-2-1-3-7-12)18-16-11-13-8-4-5-9-15(13)21-16/h1-11,18H,(H,19,20). The summed E-state index contributed by atoms with van der Waals surface area (Å²) in [5.41, 5.74) is 1.01. The van der Waals surface area contributed by atoms with E-state index in [1.165, 1.54) is 11.3 Å². The van der Waals surface area contributed by atoms with E-state index >= 15 is 0 Å². The molecule has 0 aliphatic rings. The maximum Gasteiger partial charge on any atom is 0.352 e. The summed E-state index contributed by atoms with van der Waals surface area (Å²) >= 11 is 1.54. The molecule has 0 radical (unpaired) electrons. The summed E-state index contributed by atoms with van der Waals surface area (Å²) < 4.78 is 1.13. The molecule has 0 spiro atoms. The van der Waals surface area contributed by atoms with Crippen molar-refractivity contribution in [2.75, 3.05) is 5.32 Å². The zero-order chi connectivity index (χ0) is 14.7. The molecule has 0 saturated heterocycles. The average molecular weight is 295 g/mol. The summed E-state index contributed by atoms with van der Waals surface area (Å²) in [6.07, 6.45) is 1.63. The van der Waals surface area contributed by atoms with Gasteiger partial charge in [-0.1, -0.05) is 48.5 Å². The Morgan fingerprint density at radius 1 is 1.05 bits per heavy atom. The summed E-state index contributed by atoms with van der Waals surface area (Å²) in [7, 11) is 0. The lowest BCUT2D eigenvalue weighted by Crippen LogP contribution is -2.09. The topological polar surface area (TPSA) is 49.3 Å². The van der Waals surface area contributed by atoms with Crippen LogP contribution in [0.15, 0.2) is 66.4 Å². The number of rotatable bonds is 4. The van der Waals surface area contributed by atoms with E-state index in [9.17, 15) is 9.90 Å². The molecule has 0 atom stereocenters. The number of hydrogen-bond donors (Lipinski definition) is 2. The minimum Gasteiger partial charge on any atom is -0.477 e. The van der Waals surface area contributed by atoms with Crippen LogP contribution in [0, 0.1) is 0 Å². The Hall–Kier alpha value is -2.59. The fraction of sp³-hybridized carbons (Fsp3) is 0. The van der Waals surface area contributed by atoms with Crippen LogP contribution in [0.25, 0.3) is 16.2 Å². The summed E-state index contributed by atoms with van der Waals surface area (Å²) in [6, 6.07) is 19.3. The number of carboxylic acids is 1. The van der Waals surface area contributed by atoms with E-state index in [0.29, 0.717) is 0 Å². The molecule has 3 rings (SSSR count). The summed E-state index contributed by atoms with van der Waals surface area (Å²) in [5.74, 6) is -0.976. The minimum atomic E-state index is -0.976. The Morgan fingerprint density at radius 3 is 2.48 bits per heavy atom. The van der Waals surface area contributed by atoms with Gasteiger partial charge in [0.25, 0.3) is 0 Å². The van der Waals surface area contributed by atoms with Crippen molar-refractivity contribution in [1.29, 1.82) is 0 Å². The van der Waals surface area contributed by atoms with Gasteiger partial charge in [0.05, 0.1) is 5.00 Å². The lowest BCUT2D eigenvalue weighted by atomic mass is 10.2. The van der Waals surface area contributed by atoms with E-state index in [1.54, 1.807) is 6.08 Å². The van der Waals surface area contributed by atoms with Crippen molar-refractivity contribution in [1.82, 2.24) is 0 Å². The van der Waals surface area contributed by atoms with Gasteiger partial charge in [0.1, 0.15) is 5.70 Å². The van der Waals surface area contributed by atoms with Gasteiger partial charge in [-0.15, -0.1) is 11.3 Å². The van der Waals surface area contributed by atoms with Crippen molar-refractivity contribution in [2.45, 2.75) is 0 Å². The van der Waals surface area contributed by atoms with E-state index < -0.39 is 5.97 Å². The smallest absolute Gasteiger partial charge is 0.352 e. The van der Waals surface area contributed by atoms with Crippen molar-refractivity contribution in [3.05, 3.63) is 71.9 Å². The van der Waals surface area contributed by atoms with Crippen LogP contribution in [0.5, 0.6) is 0 Å². The number of anilines is 1. The number of aliphatic carboxylic acids is 1. The summed E-state index contributed by atoms with van der Waals surface area (Å²) in [4.78, 5) is 11.4. The third kappa shape index (κ3) is 3.12. The third-order valence-electron chi connectivity index (χ3n) is 3.02. The molecule has 4 heteroatoms. The first-order chi connectivity index (χ1) is 10.2. The maximum atomic E-state index is 11.4. The van der Waals surface area contributed by atoms with Crippen LogP contribution < -0.4 is 5.32 Å². The van der Waals surface area contributed by atoms with Crippen LogP contribution in [0.1, 0.15) is 5.56 Å². The molecule has 1 heterocycles. The molecule has 3 nitrogen and oxygen atoms in total. The van der Waals surface area contributed by atoms with Gasteiger partial charge < -0.3 is 10.4 Å². The largest absolute Gasteiger partial charge is 0.477 e. The number of nitrogens with one attached hydrogen (secondary N) is 1. The molecular formula is C17H13NO2S. The Labute approximate surface area is 126 Å². The van der Waals surface area contributed by atoms with Gasteiger partial charge in [-0.3, -0.25) is 0 Å². The van der Waals surface area contributed by atoms with Gasteiger partial charge in [-0.25, -0.2) is 4.79 Å². The van der Waals surface area contributed by atoms with E-state index in [-0.39, 0.29) is 5.70 Å². The Morgan fingerprint density at radius 2 is 1.76 bits per heavy atom. The fourth-order valence-electron chi connectivity index (χ4n) is 2.04. The number of thiophene rings is 1. The molecule has 0 fully saturated rings. The van der Waals surface area contributed by atoms with Crippen molar-refractivity contribution in [3.63, 3.8) is 0 Å². The molecule has 2 aromatic carbocycles. The maximum absolute atomic E-state index is 11.4. The van der Waals surface area contributed by atoms with Gasteiger partial charge in [-0.05, 0) is 29.2 Å². The van der Waals surface area contributed by atoms with Crippen LogP contribution in [-0.4, -0.2) is 11.1 Å². The Bertz CT molecular complexity index is 773. The molecule has 1 aromatic heterocycles. The summed E-state index contributed by atoms with van der Waals surface area (Å²) in [5, 5.41) is 14.3. The van der Waals surface area contributed by atoms with Crippen molar-refractivity contribution in [3.8, 4) is 0 Å². The monoisotopic (exact) mass is 295 g/mol. The first kappa shape index (κ1) is 13.4. The highest BCUT2D eigenvalue weighted by molar-refractivity contribution is 7.22. The van der Waals surface area contributed by atoms with Gasteiger partial charge >= 0.3 is 5.97 Å².